The SMILES string of the molecule is CCCC1=C(C(=O)OCC)[C@H](c2cc(Cl)ccc2OC)n2c(s/c(=C/c3ccccc3OCC)c2=O)=N1. The van der Waals surface area contributed by atoms with Crippen LogP contribution in [0.15, 0.2) is 63.5 Å². The maximum absolute atomic E-state index is 13.9. The molecule has 0 N–H and O–H groups in total. The maximum atomic E-state index is 13.9. The summed E-state index contributed by atoms with van der Waals surface area (Å²) in [5.74, 6) is 0.672. The van der Waals surface area contributed by atoms with Crippen LogP contribution in [0.1, 0.15) is 50.8 Å². The van der Waals surface area contributed by atoms with Gasteiger partial charge in [-0.3, -0.25) is 9.36 Å². The number of halogens is 1. The molecule has 0 saturated carbocycles. The van der Waals surface area contributed by atoms with E-state index in [-0.39, 0.29) is 12.2 Å². The second-order valence-electron chi connectivity index (χ2n) is 8.27. The molecule has 0 saturated heterocycles. The Morgan fingerprint density at radius 3 is 2.62 bits per heavy atom. The first kappa shape index (κ1) is 26.7. The fourth-order valence-corrected chi connectivity index (χ4v) is 5.55. The molecule has 2 heterocycles. The number of esters is 1. The fourth-order valence-electron chi connectivity index (χ4n) is 4.36. The van der Waals surface area contributed by atoms with Crippen LogP contribution in [-0.4, -0.2) is 30.9 Å². The van der Waals surface area contributed by atoms with Gasteiger partial charge in [-0.25, -0.2) is 9.79 Å². The van der Waals surface area contributed by atoms with Gasteiger partial charge in [0.2, 0.25) is 0 Å². The van der Waals surface area contributed by atoms with Crippen molar-refractivity contribution in [3.05, 3.63) is 89.6 Å². The fraction of sp³-hybridized carbons (Fsp3) is 0.321. The highest BCUT2D eigenvalue weighted by atomic mass is 35.5. The van der Waals surface area contributed by atoms with Crippen LogP contribution in [0.5, 0.6) is 11.5 Å². The Morgan fingerprint density at radius 1 is 1.14 bits per heavy atom. The smallest absolute Gasteiger partial charge is 0.338 e. The van der Waals surface area contributed by atoms with Crippen molar-refractivity contribution in [3.8, 4) is 11.5 Å². The van der Waals surface area contributed by atoms with Crippen LogP contribution in [0.25, 0.3) is 6.08 Å². The van der Waals surface area contributed by atoms with Crippen LogP contribution in [-0.2, 0) is 9.53 Å². The summed E-state index contributed by atoms with van der Waals surface area (Å²) in [5.41, 5.74) is 2.00. The number of hydrogen-bond donors (Lipinski definition) is 0. The van der Waals surface area contributed by atoms with Crippen LogP contribution in [0.4, 0.5) is 0 Å². The number of methoxy groups -OCH3 is 1. The first-order chi connectivity index (χ1) is 17.9. The van der Waals surface area contributed by atoms with Crippen molar-refractivity contribution < 1.29 is 19.0 Å². The molecule has 0 radical (unpaired) electrons. The summed E-state index contributed by atoms with van der Waals surface area (Å²) < 4.78 is 18.8. The Labute approximate surface area is 224 Å². The Kier molecular flexibility index (Phi) is 8.51. The van der Waals surface area contributed by atoms with E-state index in [1.807, 2.05) is 38.1 Å². The number of ether oxygens (including phenoxy) is 3. The minimum Gasteiger partial charge on any atom is -0.496 e. The number of nitrogens with zero attached hydrogens (tertiary/aromatic N) is 2. The number of aromatic nitrogens is 1. The predicted molar refractivity (Wildman–Crippen MR) is 145 cm³/mol. The van der Waals surface area contributed by atoms with Crippen molar-refractivity contribution in [2.24, 2.45) is 4.99 Å². The molecule has 37 heavy (non-hydrogen) atoms. The first-order valence-corrected chi connectivity index (χ1v) is 13.4. The monoisotopic (exact) mass is 540 g/mol. The van der Waals surface area contributed by atoms with E-state index in [2.05, 4.69) is 0 Å². The van der Waals surface area contributed by atoms with E-state index < -0.39 is 12.0 Å². The number of allylic oxidation sites excluding steroid dienone is 1. The molecule has 3 aromatic rings. The standard InChI is InChI=1S/C28H29ClN2O5S/c1-5-10-20-24(27(33)36-7-3)25(19-16-18(29)13-14-22(19)34-4)31-26(32)23(37-28(31)30-20)15-17-11-8-9-12-21(17)35-6-2/h8-9,11-16,25H,5-7,10H2,1-4H3/b23-15+/t25-/m0/s1. The van der Waals surface area contributed by atoms with E-state index in [1.165, 1.54) is 11.3 Å². The zero-order valence-electron chi connectivity index (χ0n) is 21.2. The van der Waals surface area contributed by atoms with E-state index in [1.54, 1.807) is 42.9 Å². The maximum Gasteiger partial charge on any atom is 0.338 e. The molecule has 2 aromatic carbocycles. The molecule has 7 nitrogen and oxygen atoms in total. The second kappa shape index (κ2) is 11.8. The van der Waals surface area contributed by atoms with Crippen molar-refractivity contribution in [1.29, 1.82) is 0 Å². The molecule has 1 aromatic heterocycles. The summed E-state index contributed by atoms with van der Waals surface area (Å²) in [6.45, 7) is 6.37. The first-order valence-electron chi connectivity index (χ1n) is 12.2. The van der Waals surface area contributed by atoms with Gasteiger partial charge in [-0.15, -0.1) is 0 Å². The zero-order chi connectivity index (χ0) is 26.5. The highest BCUT2D eigenvalue weighted by molar-refractivity contribution is 7.07. The Bertz CT molecular complexity index is 1520. The lowest BCUT2D eigenvalue weighted by molar-refractivity contribution is -0.139. The second-order valence-corrected chi connectivity index (χ2v) is 9.72. The largest absolute Gasteiger partial charge is 0.496 e. The normalized spacial score (nSPS) is 15.3. The molecule has 0 amide bonds. The number of para-hydroxylation sites is 1. The van der Waals surface area contributed by atoms with Crippen LogP contribution < -0.4 is 24.4 Å². The number of benzene rings is 2. The molecule has 9 heteroatoms. The molecule has 0 aliphatic carbocycles. The van der Waals surface area contributed by atoms with Gasteiger partial charge in [0.25, 0.3) is 5.56 Å². The number of carbonyl (C=O) groups is 1. The molecule has 0 spiro atoms. The summed E-state index contributed by atoms with van der Waals surface area (Å²) >= 11 is 7.66. The van der Waals surface area contributed by atoms with Crippen molar-refractivity contribution in [2.45, 2.75) is 39.7 Å². The molecule has 0 bridgehead atoms. The summed E-state index contributed by atoms with van der Waals surface area (Å²) in [4.78, 5) is 32.6. The van der Waals surface area contributed by atoms with Gasteiger partial charge in [0.15, 0.2) is 4.80 Å². The van der Waals surface area contributed by atoms with Gasteiger partial charge in [-0.1, -0.05) is 54.5 Å². The van der Waals surface area contributed by atoms with Crippen molar-refractivity contribution in [2.75, 3.05) is 20.3 Å². The van der Waals surface area contributed by atoms with Crippen molar-refractivity contribution >= 4 is 35.0 Å². The number of hydrogen-bond acceptors (Lipinski definition) is 7. The lowest BCUT2D eigenvalue weighted by atomic mass is 9.93. The Morgan fingerprint density at radius 2 is 1.92 bits per heavy atom. The predicted octanol–water partition coefficient (Wildman–Crippen LogP) is 4.64. The summed E-state index contributed by atoms with van der Waals surface area (Å²) in [5, 5.41) is 0.459. The van der Waals surface area contributed by atoms with Gasteiger partial charge in [-0.05, 0) is 50.6 Å². The number of rotatable bonds is 9. The molecule has 194 valence electrons. The third kappa shape index (κ3) is 5.36. The molecule has 0 fully saturated rings. The number of carbonyl (C=O) groups excluding carboxylic acids is 1. The van der Waals surface area contributed by atoms with Crippen LogP contribution in [0.3, 0.4) is 0 Å². The van der Waals surface area contributed by atoms with Gasteiger partial charge in [0.1, 0.15) is 17.5 Å². The minimum absolute atomic E-state index is 0.194. The number of thiazole rings is 1. The molecular formula is C28H29ClN2O5S. The number of fused-ring (bicyclic) bond motifs is 1. The molecule has 1 aliphatic rings. The van der Waals surface area contributed by atoms with Crippen molar-refractivity contribution in [1.82, 2.24) is 4.57 Å². The Hall–Kier alpha value is -3.36. The minimum atomic E-state index is -0.810. The quantitative estimate of drug-likeness (QED) is 0.369. The lowest BCUT2D eigenvalue weighted by Gasteiger charge is -2.27. The third-order valence-corrected chi connectivity index (χ3v) is 7.10. The van der Waals surface area contributed by atoms with E-state index >= 15 is 0 Å². The van der Waals surface area contributed by atoms with E-state index in [4.69, 9.17) is 30.8 Å². The van der Waals surface area contributed by atoms with Crippen molar-refractivity contribution in [3.63, 3.8) is 0 Å². The van der Waals surface area contributed by atoms with E-state index in [0.717, 1.165) is 12.0 Å². The molecule has 1 aliphatic heterocycles. The average molecular weight is 541 g/mol. The van der Waals surface area contributed by atoms with Gasteiger partial charge in [-0.2, -0.15) is 0 Å². The van der Waals surface area contributed by atoms with Gasteiger partial charge < -0.3 is 14.2 Å². The average Bonchev–Trinajstić information content (AvgIpc) is 3.19. The highest BCUT2D eigenvalue weighted by Gasteiger charge is 2.36. The highest BCUT2D eigenvalue weighted by Crippen LogP contribution is 2.38. The van der Waals surface area contributed by atoms with Gasteiger partial charge >= 0.3 is 5.97 Å². The van der Waals surface area contributed by atoms with Crippen LogP contribution in [0, 0.1) is 0 Å². The summed E-state index contributed by atoms with van der Waals surface area (Å²) in [6.07, 6.45) is 3.11. The summed E-state index contributed by atoms with van der Waals surface area (Å²) in [7, 11) is 1.54. The lowest BCUT2D eigenvalue weighted by Crippen LogP contribution is -2.40. The van der Waals surface area contributed by atoms with E-state index in [9.17, 15) is 9.59 Å². The molecular weight excluding hydrogens is 512 g/mol. The van der Waals surface area contributed by atoms with Crippen LogP contribution >= 0.6 is 22.9 Å². The zero-order valence-corrected chi connectivity index (χ0v) is 22.8. The molecule has 4 rings (SSSR count). The Balaban J connectivity index is 2.04. The van der Waals surface area contributed by atoms with E-state index in [0.29, 0.717) is 55.7 Å². The topological polar surface area (TPSA) is 79.1 Å². The molecule has 0 unspecified atom stereocenters. The third-order valence-electron chi connectivity index (χ3n) is 5.88. The summed E-state index contributed by atoms with van der Waals surface area (Å²) in [6, 6.07) is 11.9. The van der Waals surface area contributed by atoms with Crippen LogP contribution in [0.2, 0.25) is 5.02 Å². The van der Waals surface area contributed by atoms with Gasteiger partial charge in [0, 0.05) is 16.1 Å². The van der Waals surface area contributed by atoms with Gasteiger partial charge in [0.05, 0.1) is 36.1 Å². The molecule has 1 atom stereocenters.